The van der Waals surface area contributed by atoms with Gasteiger partial charge in [-0.05, 0) is 42.5 Å². The van der Waals surface area contributed by atoms with Crippen LogP contribution < -0.4 is 20.7 Å². The SMILES string of the molecule is NC(=O)Nc1cccc(C(=O)N2CC[NH+](CCOc3ccc(Cl)cc3)CC2)c1. The summed E-state index contributed by atoms with van der Waals surface area (Å²) in [6.07, 6.45) is 0. The number of rotatable bonds is 6. The lowest BCUT2D eigenvalue weighted by Gasteiger charge is -2.32. The van der Waals surface area contributed by atoms with E-state index in [4.69, 9.17) is 22.1 Å². The molecule has 4 N–H and O–H groups in total. The average molecular weight is 404 g/mol. The predicted octanol–water partition coefficient (Wildman–Crippen LogP) is 1.25. The minimum atomic E-state index is -0.650. The number of halogens is 1. The fraction of sp³-hybridized carbons (Fsp3) is 0.300. The second-order valence-electron chi connectivity index (χ2n) is 6.66. The van der Waals surface area contributed by atoms with E-state index in [-0.39, 0.29) is 5.91 Å². The Morgan fingerprint density at radius 3 is 2.54 bits per heavy atom. The third kappa shape index (κ3) is 5.61. The lowest BCUT2D eigenvalue weighted by atomic mass is 10.1. The molecule has 0 radical (unpaired) electrons. The number of ether oxygens (including phenoxy) is 1. The number of primary amides is 1. The molecule has 0 unspecified atom stereocenters. The molecule has 1 aliphatic rings. The van der Waals surface area contributed by atoms with Crippen LogP contribution >= 0.6 is 11.6 Å². The first-order chi connectivity index (χ1) is 13.5. The number of nitrogens with one attached hydrogen (secondary N) is 2. The predicted molar refractivity (Wildman–Crippen MR) is 108 cm³/mol. The summed E-state index contributed by atoms with van der Waals surface area (Å²) in [7, 11) is 0. The molecule has 0 aromatic heterocycles. The molecule has 2 aromatic rings. The Balaban J connectivity index is 1.45. The normalized spacial score (nSPS) is 14.5. The van der Waals surface area contributed by atoms with Crippen LogP contribution in [0.15, 0.2) is 48.5 Å². The minimum Gasteiger partial charge on any atom is -0.488 e. The zero-order valence-electron chi connectivity index (χ0n) is 15.5. The van der Waals surface area contributed by atoms with Crippen molar-refractivity contribution in [3.05, 3.63) is 59.1 Å². The number of benzene rings is 2. The summed E-state index contributed by atoms with van der Waals surface area (Å²) in [5, 5.41) is 3.18. The van der Waals surface area contributed by atoms with Crippen molar-refractivity contribution in [3.63, 3.8) is 0 Å². The molecule has 7 nitrogen and oxygen atoms in total. The van der Waals surface area contributed by atoms with Gasteiger partial charge in [0.05, 0.1) is 26.2 Å². The Bertz CT molecular complexity index is 820. The van der Waals surface area contributed by atoms with Crippen LogP contribution in [-0.2, 0) is 0 Å². The molecule has 0 spiro atoms. The van der Waals surface area contributed by atoms with Crippen LogP contribution in [0.1, 0.15) is 10.4 Å². The number of anilines is 1. The van der Waals surface area contributed by atoms with Crippen molar-refractivity contribution in [3.8, 4) is 5.75 Å². The zero-order chi connectivity index (χ0) is 19.9. The van der Waals surface area contributed by atoms with Crippen molar-refractivity contribution >= 4 is 29.2 Å². The topological polar surface area (TPSA) is 89.1 Å². The highest BCUT2D eigenvalue weighted by Crippen LogP contribution is 2.15. The van der Waals surface area contributed by atoms with Crippen molar-refractivity contribution in [1.29, 1.82) is 0 Å². The van der Waals surface area contributed by atoms with Gasteiger partial charge in [0.25, 0.3) is 5.91 Å². The largest absolute Gasteiger partial charge is 0.488 e. The second kappa shape index (κ2) is 9.43. The second-order valence-corrected chi connectivity index (χ2v) is 7.10. The van der Waals surface area contributed by atoms with Gasteiger partial charge in [0, 0.05) is 16.3 Å². The number of hydrogen-bond donors (Lipinski definition) is 3. The first-order valence-electron chi connectivity index (χ1n) is 9.19. The van der Waals surface area contributed by atoms with Crippen LogP contribution in [0, 0.1) is 0 Å². The Labute approximate surface area is 169 Å². The molecule has 3 amide bonds. The number of urea groups is 1. The monoisotopic (exact) mass is 403 g/mol. The molecule has 148 valence electrons. The van der Waals surface area contributed by atoms with Gasteiger partial charge in [0.2, 0.25) is 0 Å². The van der Waals surface area contributed by atoms with Crippen LogP contribution in [0.4, 0.5) is 10.5 Å². The molecule has 1 aliphatic heterocycles. The van der Waals surface area contributed by atoms with E-state index in [0.29, 0.717) is 36.0 Å². The summed E-state index contributed by atoms with van der Waals surface area (Å²) in [5.41, 5.74) is 6.19. The summed E-state index contributed by atoms with van der Waals surface area (Å²) in [4.78, 5) is 26.9. The quantitative estimate of drug-likeness (QED) is 0.678. The summed E-state index contributed by atoms with van der Waals surface area (Å²) in [6.45, 7) is 4.60. The van der Waals surface area contributed by atoms with E-state index >= 15 is 0 Å². The molecule has 1 fully saturated rings. The molecule has 28 heavy (non-hydrogen) atoms. The molecule has 3 rings (SSSR count). The van der Waals surface area contributed by atoms with Crippen LogP contribution in [0.2, 0.25) is 5.02 Å². The van der Waals surface area contributed by atoms with E-state index in [9.17, 15) is 9.59 Å². The third-order valence-corrected chi connectivity index (χ3v) is 4.92. The van der Waals surface area contributed by atoms with Crippen LogP contribution in [0.25, 0.3) is 0 Å². The molecule has 1 heterocycles. The molecule has 1 saturated heterocycles. The Hall–Kier alpha value is -2.77. The van der Waals surface area contributed by atoms with Gasteiger partial charge in [-0.3, -0.25) is 4.79 Å². The lowest BCUT2D eigenvalue weighted by molar-refractivity contribution is -0.903. The number of quaternary nitrogens is 1. The van der Waals surface area contributed by atoms with Crippen molar-refractivity contribution in [2.45, 2.75) is 0 Å². The van der Waals surface area contributed by atoms with E-state index in [2.05, 4.69) is 5.32 Å². The van der Waals surface area contributed by atoms with Crippen LogP contribution in [0.3, 0.4) is 0 Å². The highest BCUT2D eigenvalue weighted by molar-refractivity contribution is 6.30. The van der Waals surface area contributed by atoms with E-state index in [1.54, 1.807) is 24.3 Å². The Morgan fingerprint density at radius 2 is 1.86 bits per heavy atom. The lowest BCUT2D eigenvalue weighted by Crippen LogP contribution is -3.15. The van der Waals surface area contributed by atoms with Gasteiger partial charge in [0.1, 0.15) is 18.9 Å². The van der Waals surface area contributed by atoms with Crippen LogP contribution in [-0.4, -0.2) is 56.2 Å². The molecule has 0 atom stereocenters. The fourth-order valence-corrected chi connectivity index (χ4v) is 3.30. The van der Waals surface area contributed by atoms with Crippen molar-refractivity contribution < 1.29 is 19.2 Å². The highest BCUT2D eigenvalue weighted by atomic mass is 35.5. The highest BCUT2D eigenvalue weighted by Gasteiger charge is 2.24. The molecule has 0 aliphatic carbocycles. The van der Waals surface area contributed by atoms with Gasteiger partial charge in [-0.25, -0.2) is 4.79 Å². The molecule has 0 bridgehead atoms. The van der Waals surface area contributed by atoms with Gasteiger partial charge < -0.3 is 25.6 Å². The smallest absolute Gasteiger partial charge is 0.316 e. The zero-order valence-corrected chi connectivity index (χ0v) is 16.2. The first-order valence-corrected chi connectivity index (χ1v) is 9.57. The van der Waals surface area contributed by atoms with Crippen molar-refractivity contribution in [1.82, 2.24) is 4.90 Å². The molecule has 8 heteroatoms. The molecular formula is C20H24ClN4O3+. The van der Waals surface area contributed by atoms with Crippen LogP contribution in [0.5, 0.6) is 5.75 Å². The molecule has 0 saturated carbocycles. The van der Waals surface area contributed by atoms with E-state index in [1.165, 1.54) is 4.90 Å². The van der Waals surface area contributed by atoms with Gasteiger partial charge in [-0.2, -0.15) is 0 Å². The maximum absolute atomic E-state index is 12.7. The fourth-order valence-electron chi connectivity index (χ4n) is 3.17. The number of amides is 3. The Morgan fingerprint density at radius 1 is 1.14 bits per heavy atom. The summed E-state index contributed by atoms with van der Waals surface area (Å²) in [5.74, 6) is 0.770. The average Bonchev–Trinajstić information content (AvgIpc) is 2.69. The first kappa shape index (κ1) is 20.0. The van der Waals surface area contributed by atoms with E-state index in [1.807, 2.05) is 29.2 Å². The summed E-state index contributed by atoms with van der Waals surface area (Å²) in [6, 6.07) is 13.5. The number of nitrogens with two attached hydrogens (primary N) is 1. The summed E-state index contributed by atoms with van der Waals surface area (Å²) >= 11 is 5.87. The minimum absolute atomic E-state index is 0.0374. The maximum Gasteiger partial charge on any atom is 0.316 e. The van der Waals surface area contributed by atoms with E-state index < -0.39 is 6.03 Å². The Kier molecular flexibility index (Phi) is 6.73. The number of nitrogens with zero attached hydrogens (tertiary/aromatic N) is 1. The van der Waals surface area contributed by atoms with Crippen molar-refractivity contribution in [2.24, 2.45) is 5.73 Å². The van der Waals surface area contributed by atoms with Crippen molar-refractivity contribution in [2.75, 3.05) is 44.6 Å². The molecular weight excluding hydrogens is 380 g/mol. The number of carbonyl (C=O) groups is 2. The van der Waals surface area contributed by atoms with Gasteiger partial charge in [0.15, 0.2) is 0 Å². The van der Waals surface area contributed by atoms with Gasteiger partial charge >= 0.3 is 6.03 Å². The number of piperazine rings is 1. The summed E-state index contributed by atoms with van der Waals surface area (Å²) < 4.78 is 5.75. The van der Waals surface area contributed by atoms with Gasteiger partial charge in [-0.15, -0.1) is 0 Å². The van der Waals surface area contributed by atoms with Gasteiger partial charge in [-0.1, -0.05) is 17.7 Å². The third-order valence-electron chi connectivity index (χ3n) is 4.67. The standard InChI is InChI=1S/C20H23ClN4O3/c21-16-4-6-18(7-5-16)28-13-12-24-8-10-25(11-9-24)19(26)15-2-1-3-17(14-15)23-20(22)27/h1-7,14H,8-13H2,(H3,22,23,27)/p+1. The molecule has 2 aromatic carbocycles. The number of hydrogen-bond acceptors (Lipinski definition) is 3. The maximum atomic E-state index is 12.7. The van der Waals surface area contributed by atoms with E-state index in [0.717, 1.165) is 25.4 Å². The number of carbonyl (C=O) groups excluding carboxylic acids is 2.